The van der Waals surface area contributed by atoms with E-state index in [9.17, 15) is 18.0 Å². The molecule has 1 aliphatic heterocycles. The van der Waals surface area contributed by atoms with Crippen molar-refractivity contribution in [3.8, 4) is 5.75 Å². The molecule has 0 bridgehead atoms. The Labute approximate surface area is 171 Å². The molecule has 0 spiro atoms. The number of nitrogens with zero attached hydrogens (tertiary/aromatic N) is 3. The molecule has 1 aliphatic rings. The smallest absolute Gasteiger partial charge is 0.406 e. The lowest BCUT2D eigenvalue weighted by Gasteiger charge is -2.35. The Morgan fingerprint density at radius 1 is 0.967 bits per heavy atom. The van der Waals surface area contributed by atoms with E-state index in [1.54, 1.807) is 18.3 Å². The van der Waals surface area contributed by atoms with Crippen LogP contribution in [0.1, 0.15) is 15.9 Å². The number of halogens is 3. The Morgan fingerprint density at radius 3 is 2.40 bits per heavy atom. The van der Waals surface area contributed by atoms with Gasteiger partial charge in [-0.1, -0.05) is 24.3 Å². The minimum atomic E-state index is -4.69. The van der Waals surface area contributed by atoms with Crippen molar-refractivity contribution in [3.05, 3.63) is 71.9 Å². The van der Waals surface area contributed by atoms with Crippen molar-refractivity contribution in [2.24, 2.45) is 0 Å². The van der Waals surface area contributed by atoms with Gasteiger partial charge in [-0.2, -0.15) is 0 Å². The number of carbonyl (C=O) groups excluding carboxylic acids is 1. The standard InChI is InChI=1S/C22H20F3N3O2/c23-22(24,25)30-17-8-6-16(7-9-17)15-27-11-13-28(14-12-27)21(29)19-3-1-5-20-18(19)4-2-10-26-20/h1-10H,11-15H2. The van der Waals surface area contributed by atoms with Crippen molar-refractivity contribution in [1.29, 1.82) is 0 Å². The van der Waals surface area contributed by atoms with E-state index in [4.69, 9.17) is 0 Å². The fourth-order valence-corrected chi connectivity index (χ4v) is 3.62. The Kier molecular flexibility index (Phi) is 5.59. The van der Waals surface area contributed by atoms with E-state index in [2.05, 4.69) is 14.6 Å². The lowest BCUT2D eigenvalue weighted by atomic mass is 10.1. The fraction of sp³-hybridized carbons (Fsp3) is 0.273. The molecule has 2 aromatic carbocycles. The second-order valence-corrected chi connectivity index (χ2v) is 7.14. The van der Waals surface area contributed by atoms with Crippen LogP contribution in [-0.4, -0.2) is 53.2 Å². The summed E-state index contributed by atoms with van der Waals surface area (Å²) in [6.07, 6.45) is -2.98. The topological polar surface area (TPSA) is 45.7 Å². The molecule has 0 radical (unpaired) electrons. The molecule has 4 rings (SSSR count). The molecule has 5 nitrogen and oxygen atoms in total. The summed E-state index contributed by atoms with van der Waals surface area (Å²) in [6, 6.07) is 15.2. The van der Waals surface area contributed by atoms with E-state index in [1.165, 1.54) is 12.1 Å². The molecule has 8 heteroatoms. The van der Waals surface area contributed by atoms with E-state index in [0.717, 1.165) is 16.5 Å². The van der Waals surface area contributed by atoms with Gasteiger partial charge >= 0.3 is 6.36 Å². The molecular weight excluding hydrogens is 395 g/mol. The quantitative estimate of drug-likeness (QED) is 0.644. The summed E-state index contributed by atoms with van der Waals surface area (Å²) in [4.78, 5) is 21.3. The van der Waals surface area contributed by atoms with E-state index in [0.29, 0.717) is 38.3 Å². The first-order valence-corrected chi connectivity index (χ1v) is 9.59. The van der Waals surface area contributed by atoms with Crippen molar-refractivity contribution in [2.45, 2.75) is 12.9 Å². The van der Waals surface area contributed by atoms with Crippen LogP contribution >= 0.6 is 0 Å². The van der Waals surface area contributed by atoms with E-state index in [-0.39, 0.29) is 11.7 Å². The number of alkyl halides is 3. The molecule has 0 aliphatic carbocycles. The molecule has 0 N–H and O–H groups in total. The molecule has 1 aromatic heterocycles. The number of fused-ring (bicyclic) bond motifs is 1. The summed E-state index contributed by atoms with van der Waals surface area (Å²) < 4.78 is 40.7. The summed E-state index contributed by atoms with van der Waals surface area (Å²) in [5.74, 6) is -0.242. The predicted molar refractivity (Wildman–Crippen MR) is 106 cm³/mol. The number of pyridine rings is 1. The third kappa shape index (κ3) is 4.71. The minimum Gasteiger partial charge on any atom is -0.406 e. The van der Waals surface area contributed by atoms with Crippen molar-refractivity contribution < 1.29 is 22.7 Å². The third-order valence-corrected chi connectivity index (χ3v) is 5.10. The number of rotatable bonds is 4. The maximum absolute atomic E-state index is 13.0. The maximum atomic E-state index is 13.0. The lowest BCUT2D eigenvalue weighted by Crippen LogP contribution is -2.48. The zero-order valence-electron chi connectivity index (χ0n) is 16.1. The summed E-state index contributed by atoms with van der Waals surface area (Å²) in [7, 11) is 0. The van der Waals surface area contributed by atoms with Crippen molar-refractivity contribution in [3.63, 3.8) is 0 Å². The van der Waals surface area contributed by atoms with Gasteiger partial charge in [0, 0.05) is 49.9 Å². The molecule has 0 unspecified atom stereocenters. The van der Waals surface area contributed by atoms with Crippen LogP contribution in [0.15, 0.2) is 60.8 Å². The Hall–Kier alpha value is -3.13. The van der Waals surface area contributed by atoms with Crippen LogP contribution in [0.25, 0.3) is 10.9 Å². The number of carbonyl (C=O) groups is 1. The van der Waals surface area contributed by atoms with E-state index < -0.39 is 6.36 Å². The van der Waals surface area contributed by atoms with Gasteiger partial charge in [0.25, 0.3) is 5.91 Å². The summed E-state index contributed by atoms with van der Waals surface area (Å²) in [5.41, 5.74) is 2.33. The molecule has 156 valence electrons. The number of hydrogen-bond acceptors (Lipinski definition) is 4. The van der Waals surface area contributed by atoms with Gasteiger partial charge in [0.1, 0.15) is 5.75 Å². The highest BCUT2D eigenvalue weighted by Crippen LogP contribution is 2.23. The van der Waals surface area contributed by atoms with Crippen LogP contribution in [0.4, 0.5) is 13.2 Å². The molecule has 30 heavy (non-hydrogen) atoms. The van der Waals surface area contributed by atoms with Crippen molar-refractivity contribution >= 4 is 16.8 Å². The average Bonchev–Trinajstić information content (AvgIpc) is 2.74. The molecule has 1 saturated heterocycles. The maximum Gasteiger partial charge on any atom is 0.573 e. The van der Waals surface area contributed by atoms with E-state index in [1.807, 2.05) is 35.2 Å². The second-order valence-electron chi connectivity index (χ2n) is 7.14. The molecule has 1 fully saturated rings. The van der Waals surface area contributed by atoms with Crippen LogP contribution in [0.2, 0.25) is 0 Å². The number of ether oxygens (including phenoxy) is 1. The normalized spacial score (nSPS) is 15.4. The SMILES string of the molecule is O=C(c1cccc2ncccc12)N1CCN(Cc2ccc(OC(F)(F)F)cc2)CC1. The van der Waals surface area contributed by atoms with Crippen LogP contribution in [0.3, 0.4) is 0 Å². The Bertz CT molecular complexity index is 1020. The van der Waals surface area contributed by atoms with Gasteiger partial charge in [-0.15, -0.1) is 13.2 Å². The predicted octanol–water partition coefficient (Wildman–Crippen LogP) is 4.09. The highest BCUT2D eigenvalue weighted by atomic mass is 19.4. The van der Waals surface area contributed by atoms with Gasteiger partial charge in [-0.05, 0) is 35.9 Å². The first-order chi connectivity index (χ1) is 14.4. The van der Waals surface area contributed by atoms with Crippen molar-refractivity contribution in [1.82, 2.24) is 14.8 Å². The van der Waals surface area contributed by atoms with Gasteiger partial charge in [0.2, 0.25) is 0 Å². The molecule has 2 heterocycles. The van der Waals surface area contributed by atoms with Gasteiger partial charge in [0.15, 0.2) is 0 Å². The van der Waals surface area contributed by atoms with Gasteiger partial charge < -0.3 is 9.64 Å². The first-order valence-electron chi connectivity index (χ1n) is 9.59. The summed E-state index contributed by atoms with van der Waals surface area (Å²) >= 11 is 0. The molecule has 0 saturated carbocycles. The van der Waals surface area contributed by atoms with Crippen molar-refractivity contribution in [2.75, 3.05) is 26.2 Å². The zero-order valence-corrected chi connectivity index (χ0v) is 16.1. The second kappa shape index (κ2) is 8.31. The first kappa shape index (κ1) is 20.2. The largest absolute Gasteiger partial charge is 0.573 e. The Morgan fingerprint density at radius 2 is 1.70 bits per heavy atom. The van der Waals surface area contributed by atoms with Gasteiger partial charge in [-0.25, -0.2) is 0 Å². The van der Waals surface area contributed by atoms with Gasteiger partial charge in [0.05, 0.1) is 5.52 Å². The summed E-state index contributed by atoms with van der Waals surface area (Å²) in [5, 5.41) is 0.841. The molecule has 0 atom stereocenters. The number of amides is 1. The Balaban J connectivity index is 1.35. The van der Waals surface area contributed by atoms with E-state index >= 15 is 0 Å². The minimum absolute atomic E-state index is 0.0121. The average molecular weight is 415 g/mol. The van der Waals surface area contributed by atoms with Crippen LogP contribution < -0.4 is 4.74 Å². The fourth-order valence-electron chi connectivity index (χ4n) is 3.62. The van der Waals surface area contributed by atoms with Crippen LogP contribution in [0.5, 0.6) is 5.75 Å². The summed E-state index contributed by atoms with van der Waals surface area (Å²) in [6.45, 7) is 3.16. The highest BCUT2D eigenvalue weighted by Gasteiger charge is 2.31. The number of benzene rings is 2. The van der Waals surface area contributed by atoms with Crippen LogP contribution in [-0.2, 0) is 6.54 Å². The van der Waals surface area contributed by atoms with Gasteiger partial charge in [-0.3, -0.25) is 14.7 Å². The number of piperazine rings is 1. The third-order valence-electron chi connectivity index (χ3n) is 5.10. The molecular formula is C22H20F3N3O2. The monoisotopic (exact) mass is 415 g/mol. The molecule has 3 aromatic rings. The number of hydrogen-bond donors (Lipinski definition) is 0. The number of aromatic nitrogens is 1. The molecule has 1 amide bonds. The zero-order chi connectivity index (χ0) is 21.1. The van der Waals surface area contributed by atoms with Crippen LogP contribution in [0, 0.1) is 0 Å². The highest BCUT2D eigenvalue weighted by molar-refractivity contribution is 6.06. The lowest BCUT2D eigenvalue weighted by molar-refractivity contribution is -0.274.